The van der Waals surface area contributed by atoms with Gasteiger partial charge in [-0.3, -0.25) is 4.79 Å². The molecule has 6 heteroatoms. The second-order valence-electron chi connectivity index (χ2n) is 5.08. The molecule has 0 aliphatic carbocycles. The fourth-order valence-electron chi connectivity index (χ4n) is 2.95. The van der Waals surface area contributed by atoms with Gasteiger partial charge in [0.1, 0.15) is 6.10 Å². The number of carbonyl (C=O) groups is 2. The minimum absolute atomic E-state index is 0.295. The fourth-order valence-corrected chi connectivity index (χ4v) is 3.19. The summed E-state index contributed by atoms with van der Waals surface area (Å²) in [7, 11) is 0. The molecule has 0 spiro atoms. The van der Waals surface area contributed by atoms with E-state index >= 15 is 0 Å². The van der Waals surface area contributed by atoms with E-state index in [9.17, 15) is 14.7 Å². The lowest BCUT2D eigenvalue weighted by Gasteiger charge is -2.45. The van der Waals surface area contributed by atoms with E-state index in [0.717, 1.165) is 0 Å². The highest BCUT2D eigenvalue weighted by Gasteiger charge is 2.71. The highest BCUT2D eigenvalue weighted by atomic mass is 35.5. The largest absolute Gasteiger partial charge is 0.456 e. The summed E-state index contributed by atoms with van der Waals surface area (Å²) in [5.41, 5.74) is -0.796. The van der Waals surface area contributed by atoms with Gasteiger partial charge < -0.3 is 15.2 Å². The molecule has 0 aromatic heterocycles. The third-order valence-electron chi connectivity index (χ3n) is 4.02. The molecular formula is C14H14ClNO4. The van der Waals surface area contributed by atoms with Gasteiger partial charge in [0.25, 0.3) is 0 Å². The number of rotatable bonds is 4. The van der Waals surface area contributed by atoms with Crippen LogP contribution in [0.25, 0.3) is 0 Å². The highest BCUT2D eigenvalue weighted by molar-refractivity contribution is 6.18. The number of nitrogens with one attached hydrogen (secondary N) is 1. The smallest absolute Gasteiger partial charge is 0.339 e. The van der Waals surface area contributed by atoms with Crippen molar-refractivity contribution in [3.8, 4) is 0 Å². The number of fused-ring (bicyclic) bond motifs is 1. The van der Waals surface area contributed by atoms with Gasteiger partial charge in [-0.2, -0.15) is 0 Å². The van der Waals surface area contributed by atoms with E-state index in [4.69, 9.17) is 16.3 Å². The van der Waals surface area contributed by atoms with Crippen LogP contribution < -0.4 is 5.32 Å². The first-order chi connectivity index (χ1) is 9.61. The molecule has 0 unspecified atom stereocenters. The highest BCUT2D eigenvalue weighted by Crippen LogP contribution is 2.47. The van der Waals surface area contributed by atoms with Crippen molar-refractivity contribution < 1.29 is 19.4 Å². The number of benzene rings is 1. The Morgan fingerprint density at radius 3 is 2.65 bits per heavy atom. The molecule has 0 saturated carbocycles. The van der Waals surface area contributed by atoms with Crippen molar-refractivity contribution >= 4 is 23.5 Å². The first-order valence-corrected chi connectivity index (χ1v) is 6.97. The number of halogens is 1. The van der Waals surface area contributed by atoms with Gasteiger partial charge in [-0.15, -0.1) is 11.6 Å². The maximum atomic E-state index is 12.0. The Morgan fingerprint density at radius 1 is 1.35 bits per heavy atom. The third kappa shape index (κ3) is 1.66. The van der Waals surface area contributed by atoms with E-state index in [1.807, 2.05) is 6.07 Å². The molecule has 20 heavy (non-hydrogen) atoms. The van der Waals surface area contributed by atoms with Crippen LogP contribution in [0, 0.1) is 5.92 Å². The van der Waals surface area contributed by atoms with Crippen molar-refractivity contribution in [3.05, 3.63) is 35.9 Å². The molecule has 1 aromatic rings. The second-order valence-corrected chi connectivity index (χ2v) is 5.46. The van der Waals surface area contributed by atoms with Gasteiger partial charge in [0.15, 0.2) is 6.10 Å². The Morgan fingerprint density at radius 2 is 2.05 bits per heavy atom. The average molecular weight is 296 g/mol. The fraction of sp³-hybridized carbons (Fsp3) is 0.429. The van der Waals surface area contributed by atoms with Gasteiger partial charge in [0, 0.05) is 5.88 Å². The van der Waals surface area contributed by atoms with Crippen molar-refractivity contribution in [1.82, 2.24) is 5.32 Å². The lowest BCUT2D eigenvalue weighted by Crippen LogP contribution is -2.70. The van der Waals surface area contributed by atoms with E-state index in [0.29, 0.717) is 17.9 Å². The summed E-state index contributed by atoms with van der Waals surface area (Å²) in [4.78, 5) is 23.9. The molecule has 2 saturated heterocycles. The van der Waals surface area contributed by atoms with Crippen LogP contribution in [-0.2, 0) is 14.3 Å². The van der Waals surface area contributed by atoms with Crippen molar-refractivity contribution in [2.45, 2.75) is 24.2 Å². The first kappa shape index (κ1) is 13.4. The van der Waals surface area contributed by atoms with E-state index in [2.05, 4.69) is 5.32 Å². The van der Waals surface area contributed by atoms with Gasteiger partial charge in [-0.1, -0.05) is 30.3 Å². The molecule has 0 bridgehead atoms. The third-order valence-corrected chi connectivity index (χ3v) is 4.24. The minimum Gasteiger partial charge on any atom is -0.456 e. The van der Waals surface area contributed by atoms with Crippen LogP contribution >= 0.6 is 11.6 Å². The number of carbonyl (C=O) groups excluding carboxylic acids is 2. The summed E-state index contributed by atoms with van der Waals surface area (Å²) in [5.74, 6) is -1.09. The number of esters is 1. The molecule has 5 nitrogen and oxygen atoms in total. The van der Waals surface area contributed by atoms with Crippen LogP contribution in [0.2, 0.25) is 0 Å². The first-order valence-electron chi connectivity index (χ1n) is 6.43. The normalized spacial score (nSPS) is 32.9. The number of hydrogen-bond donors (Lipinski definition) is 2. The zero-order valence-electron chi connectivity index (χ0n) is 10.6. The molecule has 3 rings (SSSR count). The average Bonchev–Trinajstić information content (AvgIpc) is 2.69. The maximum Gasteiger partial charge on any atom is 0.339 e. The molecule has 106 valence electrons. The molecule has 1 amide bonds. The zero-order valence-corrected chi connectivity index (χ0v) is 11.3. The topological polar surface area (TPSA) is 75.6 Å². The molecule has 2 aliphatic rings. The number of aliphatic hydroxyl groups excluding tert-OH is 1. The summed E-state index contributed by atoms with van der Waals surface area (Å²) in [5, 5.41) is 13.2. The van der Waals surface area contributed by atoms with Crippen LogP contribution in [0.1, 0.15) is 18.1 Å². The summed E-state index contributed by atoms with van der Waals surface area (Å²) >= 11 is 5.68. The Bertz CT molecular complexity index is 549. The maximum absolute atomic E-state index is 12.0. The molecule has 2 aliphatic heterocycles. The molecule has 1 aromatic carbocycles. The van der Waals surface area contributed by atoms with Crippen LogP contribution in [0.4, 0.5) is 0 Å². The molecule has 4 atom stereocenters. The number of alkyl halides is 1. The predicted molar refractivity (Wildman–Crippen MR) is 71.0 cm³/mol. The number of aliphatic hydroxyl groups is 1. The van der Waals surface area contributed by atoms with Crippen molar-refractivity contribution in [1.29, 1.82) is 0 Å². The summed E-state index contributed by atoms with van der Waals surface area (Å²) in [6, 6.07) is 8.77. The summed E-state index contributed by atoms with van der Waals surface area (Å²) < 4.78 is 5.10. The van der Waals surface area contributed by atoms with E-state index in [1.54, 1.807) is 24.3 Å². The van der Waals surface area contributed by atoms with Gasteiger partial charge in [0.2, 0.25) is 11.4 Å². The standard InChI is InChI=1S/C14H14ClNO4/c15-7-6-9-11-14(13(19)20-11,16-12(9)18)10(17)8-4-2-1-3-5-8/h1-5,9-11,17H,6-7H2,(H,16,18)/t9-,10+,11+,14-/m1/s1. The molecule has 2 N–H and O–H groups in total. The Labute approximate surface area is 120 Å². The number of ether oxygens (including phenoxy) is 1. The monoisotopic (exact) mass is 295 g/mol. The summed E-state index contributed by atoms with van der Waals surface area (Å²) in [6.07, 6.45) is -1.37. The van der Waals surface area contributed by atoms with Gasteiger partial charge in [-0.25, -0.2) is 4.79 Å². The Kier molecular flexibility index (Phi) is 3.18. The predicted octanol–water partition coefficient (Wildman–Crippen LogP) is 0.759. The zero-order chi connectivity index (χ0) is 14.3. The van der Waals surface area contributed by atoms with Crippen LogP contribution in [0.3, 0.4) is 0 Å². The number of hydrogen-bond acceptors (Lipinski definition) is 4. The van der Waals surface area contributed by atoms with E-state index in [-0.39, 0.29) is 5.91 Å². The SMILES string of the molecule is O=C1N[C@@]2([C@@H](O)c3ccccc3)C(=O)O[C@H]2[C@H]1CCCl. The van der Waals surface area contributed by atoms with Crippen molar-refractivity contribution in [2.75, 3.05) is 5.88 Å². The lowest BCUT2D eigenvalue weighted by atomic mass is 9.76. The molecule has 0 radical (unpaired) electrons. The van der Waals surface area contributed by atoms with E-state index in [1.165, 1.54) is 0 Å². The second kappa shape index (κ2) is 4.75. The van der Waals surface area contributed by atoms with Gasteiger partial charge in [-0.05, 0) is 12.0 Å². The lowest BCUT2D eigenvalue weighted by molar-refractivity contribution is -0.205. The van der Waals surface area contributed by atoms with Crippen LogP contribution in [-0.4, -0.2) is 34.5 Å². The van der Waals surface area contributed by atoms with Crippen LogP contribution in [0.5, 0.6) is 0 Å². The van der Waals surface area contributed by atoms with Crippen LogP contribution in [0.15, 0.2) is 30.3 Å². The Balaban J connectivity index is 1.94. The molecular weight excluding hydrogens is 282 g/mol. The van der Waals surface area contributed by atoms with Crippen molar-refractivity contribution in [2.24, 2.45) is 5.92 Å². The number of amides is 1. The Hall–Kier alpha value is -1.59. The summed E-state index contributed by atoms with van der Waals surface area (Å²) in [6.45, 7) is 0. The van der Waals surface area contributed by atoms with Crippen molar-refractivity contribution in [3.63, 3.8) is 0 Å². The van der Waals surface area contributed by atoms with E-state index < -0.39 is 29.6 Å². The molecule has 2 fully saturated rings. The molecule has 2 heterocycles. The van der Waals surface area contributed by atoms with Gasteiger partial charge >= 0.3 is 5.97 Å². The quantitative estimate of drug-likeness (QED) is 0.635. The van der Waals surface area contributed by atoms with Gasteiger partial charge in [0.05, 0.1) is 5.92 Å². The minimum atomic E-state index is -1.37.